The van der Waals surface area contributed by atoms with Crippen LogP contribution in [0.5, 0.6) is 23.0 Å². The third-order valence-electron chi connectivity index (χ3n) is 4.20. The molecule has 0 atom stereocenters. The molecule has 4 N–H and O–H groups in total. The SMILES string of the molecule is O=C(c1ccccc1)n1c2cc(O)c(O)cc2c2ccc(O)c(O)c21. The van der Waals surface area contributed by atoms with Crippen LogP contribution in [0.3, 0.4) is 0 Å². The number of carbonyl (C=O) groups excluding carboxylic acids is 1. The Balaban J connectivity index is 2.18. The molecule has 1 heterocycles. The van der Waals surface area contributed by atoms with Gasteiger partial charge in [-0.25, -0.2) is 0 Å². The van der Waals surface area contributed by atoms with Crippen LogP contribution in [0.1, 0.15) is 10.4 Å². The average Bonchev–Trinajstić information content (AvgIpc) is 2.93. The van der Waals surface area contributed by atoms with E-state index < -0.39 is 11.7 Å². The van der Waals surface area contributed by atoms with E-state index in [2.05, 4.69) is 0 Å². The van der Waals surface area contributed by atoms with E-state index in [1.54, 1.807) is 30.3 Å². The quantitative estimate of drug-likeness (QED) is 0.400. The molecule has 0 fully saturated rings. The first-order valence-electron chi connectivity index (χ1n) is 7.50. The highest BCUT2D eigenvalue weighted by Crippen LogP contribution is 2.42. The number of aromatic nitrogens is 1. The van der Waals surface area contributed by atoms with Gasteiger partial charge in [-0.15, -0.1) is 0 Å². The van der Waals surface area contributed by atoms with Gasteiger partial charge in [0.05, 0.1) is 5.52 Å². The van der Waals surface area contributed by atoms with Gasteiger partial charge in [-0.05, 0) is 30.3 Å². The molecule has 0 aliphatic carbocycles. The lowest BCUT2D eigenvalue weighted by molar-refractivity contribution is 0.0969. The molecule has 0 aliphatic heterocycles. The van der Waals surface area contributed by atoms with Crippen molar-refractivity contribution in [3.05, 3.63) is 60.2 Å². The lowest BCUT2D eigenvalue weighted by Gasteiger charge is -2.08. The first-order valence-corrected chi connectivity index (χ1v) is 7.50. The van der Waals surface area contributed by atoms with Crippen molar-refractivity contribution in [1.29, 1.82) is 0 Å². The minimum atomic E-state index is -0.447. The Kier molecular flexibility index (Phi) is 3.08. The van der Waals surface area contributed by atoms with Crippen molar-refractivity contribution in [2.45, 2.75) is 0 Å². The number of phenols is 4. The summed E-state index contributed by atoms with van der Waals surface area (Å²) < 4.78 is 1.22. The predicted octanol–water partition coefficient (Wildman–Crippen LogP) is 3.31. The molecular weight excluding hydrogens is 322 g/mol. The van der Waals surface area contributed by atoms with Gasteiger partial charge in [0, 0.05) is 22.4 Å². The van der Waals surface area contributed by atoms with E-state index >= 15 is 0 Å². The molecule has 0 bridgehead atoms. The number of carbonyl (C=O) groups is 1. The van der Waals surface area contributed by atoms with E-state index in [1.165, 1.54) is 28.8 Å². The summed E-state index contributed by atoms with van der Waals surface area (Å²) >= 11 is 0. The van der Waals surface area contributed by atoms with E-state index in [1.807, 2.05) is 0 Å². The van der Waals surface area contributed by atoms with Crippen LogP contribution in [0, 0.1) is 0 Å². The Labute approximate surface area is 141 Å². The van der Waals surface area contributed by atoms with Crippen molar-refractivity contribution >= 4 is 27.7 Å². The topological polar surface area (TPSA) is 103 Å². The number of nitrogens with zero attached hydrogens (tertiary/aromatic N) is 1. The molecule has 0 spiro atoms. The average molecular weight is 335 g/mol. The highest BCUT2D eigenvalue weighted by Gasteiger charge is 2.22. The fourth-order valence-corrected chi connectivity index (χ4v) is 3.02. The normalized spacial score (nSPS) is 11.2. The van der Waals surface area contributed by atoms with Gasteiger partial charge in [0.2, 0.25) is 0 Å². The lowest BCUT2D eigenvalue weighted by atomic mass is 10.1. The van der Waals surface area contributed by atoms with Crippen molar-refractivity contribution in [3.63, 3.8) is 0 Å². The smallest absolute Gasteiger partial charge is 0.263 e. The molecule has 4 rings (SSSR count). The molecule has 0 radical (unpaired) electrons. The Morgan fingerprint density at radius 2 is 1.44 bits per heavy atom. The van der Waals surface area contributed by atoms with Crippen LogP contribution in [0.15, 0.2) is 54.6 Å². The molecule has 0 saturated carbocycles. The monoisotopic (exact) mass is 335 g/mol. The number of fused-ring (bicyclic) bond motifs is 3. The summed E-state index contributed by atoms with van der Waals surface area (Å²) in [4.78, 5) is 13.0. The van der Waals surface area contributed by atoms with E-state index in [9.17, 15) is 25.2 Å². The van der Waals surface area contributed by atoms with Gasteiger partial charge in [0.1, 0.15) is 5.52 Å². The highest BCUT2D eigenvalue weighted by atomic mass is 16.3. The van der Waals surface area contributed by atoms with Gasteiger partial charge in [0.25, 0.3) is 5.91 Å². The molecule has 0 amide bonds. The Morgan fingerprint density at radius 1 is 0.760 bits per heavy atom. The number of phenolic OH excluding ortho intramolecular Hbond substituents is 4. The summed E-state index contributed by atoms with van der Waals surface area (Å²) in [5.41, 5.74) is 0.783. The molecule has 4 aromatic rings. The Hall–Kier alpha value is -3.67. The van der Waals surface area contributed by atoms with E-state index in [-0.39, 0.29) is 22.8 Å². The van der Waals surface area contributed by atoms with Crippen molar-refractivity contribution in [2.24, 2.45) is 0 Å². The first kappa shape index (κ1) is 14.9. The van der Waals surface area contributed by atoms with Crippen molar-refractivity contribution < 1.29 is 25.2 Å². The molecular formula is C19H13NO5. The van der Waals surface area contributed by atoms with Crippen LogP contribution in [0.25, 0.3) is 21.8 Å². The number of hydrogen-bond acceptors (Lipinski definition) is 5. The van der Waals surface area contributed by atoms with Crippen molar-refractivity contribution in [1.82, 2.24) is 4.57 Å². The molecule has 25 heavy (non-hydrogen) atoms. The zero-order valence-electron chi connectivity index (χ0n) is 12.8. The Morgan fingerprint density at radius 3 is 2.16 bits per heavy atom. The van der Waals surface area contributed by atoms with Gasteiger partial charge in [-0.1, -0.05) is 18.2 Å². The number of aromatic hydroxyl groups is 4. The minimum Gasteiger partial charge on any atom is -0.504 e. The first-order chi connectivity index (χ1) is 12.0. The maximum Gasteiger partial charge on any atom is 0.263 e. The number of hydrogen-bond donors (Lipinski definition) is 4. The van der Waals surface area contributed by atoms with E-state index in [0.717, 1.165) is 0 Å². The summed E-state index contributed by atoms with van der Waals surface area (Å²) in [6, 6.07) is 13.9. The van der Waals surface area contributed by atoms with Crippen LogP contribution < -0.4 is 0 Å². The molecule has 124 valence electrons. The zero-order chi connectivity index (χ0) is 17.7. The second kappa shape index (κ2) is 5.17. The molecule has 0 aliphatic rings. The van der Waals surface area contributed by atoms with Gasteiger partial charge >= 0.3 is 0 Å². The summed E-state index contributed by atoms with van der Waals surface area (Å²) in [5, 5.41) is 40.8. The number of benzene rings is 3. The largest absolute Gasteiger partial charge is 0.504 e. The second-order valence-electron chi connectivity index (χ2n) is 5.69. The fourth-order valence-electron chi connectivity index (χ4n) is 3.02. The van der Waals surface area contributed by atoms with Gasteiger partial charge in [0.15, 0.2) is 23.0 Å². The van der Waals surface area contributed by atoms with Crippen molar-refractivity contribution in [3.8, 4) is 23.0 Å². The molecule has 0 unspecified atom stereocenters. The molecule has 0 saturated heterocycles. The van der Waals surface area contributed by atoms with Gasteiger partial charge < -0.3 is 20.4 Å². The van der Waals surface area contributed by atoms with Crippen LogP contribution >= 0.6 is 0 Å². The van der Waals surface area contributed by atoms with Crippen LogP contribution in [-0.2, 0) is 0 Å². The zero-order valence-corrected chi connectivity index (χ0v) is 12.8. The Bertz CT molecular complexity index is 1150. The molecule has 3 aromatic carbocycles. The maximum atomic E-state index is 13.0. The highest BCUT2D eigenvalue weighted by molar-refractivity contribution is 6.18. The van der Waals surface area contributed by atoms with Crippen LogP contribution in [0.2, 0.25) is 0 Å². The van der Waals surface area contributed by atoms with E-state index in [4.69, 9.17) is 0 Å². The summed E-state index contributed by atoms with van der Waals surface area (Å²) in [6.45, 7) is 0. The van der Waals surface area contributed by atoms with E-state index in [0.29, 0.717) is 21.9 Å². The van der Waals surface area contributed by atoms with Crippen molar-refractivity contribution in [2.75, 3.05) is 0 Å². The summed E-state index contributed by atoms with van der Waals surface area (Å²) in [5.74, 6) is -1.98. The van der Waals surface area contributed by atoms with Crippen LogP contribution in [0.4, 0.5) is 0 Å². The summed E-state index contributed by atoms with van der Waals surface area (Å²) in [6.07, 6.45) is 0. The second-order valence-corrected chi connectivity index (χ2v) is 5.69. The fraction of sp³-hybridized carbons (Fsp3) is 0. The molecule has 6 heteroatoms. The van der Waals surface area contributed by atoms with Gasteiger partial charge in [-0.2, -0.15) is 0 Å². The standard InChI is InChI=1S/C19H13NO5/c21-14-7-6-11-12-8-15(22)16(23)9-13(12)20(17(11)18(14)24)19(25)10-4-2-1-3-5-10/h1-9,21-24H. The minimum absolute atomic E-state index is 0.105. The molecule has 6 nitrogen and oxygen atoms in total. The third-order valence-corrected chi connectivity index (χ3v) is 4.20. The predicted molar refractivity (Wildman–Crippen MR) is 92.3 cm³/mol. The third kappa shape index (κ3) is 2.08. The number of rotatable bonds is 1. The van der Waals surface area contributed by atoms with Crippen LogP contribution in [-0.4, -0.2) is 30.9 Å². The van der Waals surface area contributed by atoms with Gasteiger partial charge in [-0.3, -0.25) is 9.36 Å². The maximum absolute atomic E-state index is 13.0. The molecule has 1 aromatic heterocycles. The lowest BCUT2D eigenvalue weighted by Crippen LogP contribution is -2.11. The summed E-state index contributed by atoms with van der Waals surface area (Å²) in [7, 11) is 0.